The smallest absolute Gasteiger partial charge is 0.379 e. The van der Waals surface area contributed by atoms with Crippen molar-refractivity contribution in [3.05, 3.63) is 36.0 Å². The summed E-state index contributed by atoms with van der Waals surface area (Å²) in [4.78, 5) is 16.4. The Hall–Kier alpha value is -2.02. The molecule has 1 atom stereocenters. The molecule has 0 spiro atoms. The number of nitrogens with zero attached hydrogens (tertiary/aromatic N) is 1. The van der Waals surface area contributed by atoms with Gasteiger partial charge in [-0.1, -0.05) is 18.2 Å². The fraction of sp³-hybridized carbons (Fsp3) is 0.438. The van der Waals surface area contributed by atoms with E-state index in [1.165, 1.54) is 0 Å². The zero-order chi connectivity index (χ0) is 16.4. The summed E-state index contributed by atoms with van der Waals surface area (Å²) in [6.07, 6.45) is -3.28. The second-order valence-corrected chi connectivity index (χ2v) is 5.69. The second-order valence-electron chi connectivity index (χ2n) is 5.69. The van der Waals surface area contributed by atoms with Gasteiger partial charge in [-0.05, 0) is 25.0 Å². The Morgan fingerprint density at radius 2 is 2.13 bits per heavy atom. The Labute approximate surface area is 131 Å². The summed E-state index contributed by atoms with van der Waals surface area (Å²) in [6, 6.07) is 8.24. The lowest BCUT2D eigenvalue weighted by Crippen LogP contribution is -2.49. The molecule has 2 heterocycles. The predicted molar refractivity (Wildman–Crippen MR) is 79.2 cm³/mol. The molecule has 0 bridgehead atoms. The van der Waals surface area contributed by atoms with Crippen LogP contribution in [0.25, 0.3) is 10.9 Å². The lowest BCUT2D eigenvalue weighted by atomic mass is 10.1. The van der Waals surface area contributed by atoms with Crippen LogP contribution in [0.15, 0.2) is 30.3 Å². The lowest BCUT2D eigenvalue weighted by molar-refractivity contribution is -0.148. The lowest BCUT2D eigenvalue weighted by Gasteiger charge is -2.34. The van der Waals surface area contributed by atoms with Gasteiger partial charge in [0.2, 0.25) is 0 Å². The molecule has 7 heteroatoms. The van der Waals surface area contributed by atoms with Crippen LogP contribution in [-0.4, -0.2) is 47.8 Å². The highest BCUT2D eigenvalue weighted by molar-refractivity contribution is 5.98. The van der Waals surface area contributed by atoms with E-state index < -0.39 is 24.7 Å². The van der Waals surface area contributed by atoms with Crippen LogP contribution in [0.4, 0.5) is 13.2 Å². The largest absolute Gasteiger partial charge is 0.406 e. The monoisotopic (exact) mass is 326 g/mol. The number of alkyl halides is 3. The van der Waals surface area contributed by atoms with Gasteiger partial charge in [-0.3, -0.25) is 4.79 Å². The summed E-state index contributed by atoms with van der Waals surface area (Å²) < 4.78 is 43.9. The van der Waals surface area contributed by atoms with Crippen molar-refractivity contribution in [1.82, 2.24) is 9.88 Å². The van der Waals surface area contributed by atoms with Crippen LogP contribution in [-0.2, 0) is 4.74 Å². The Morgan fingerprint density at radius 3 is 2.78 bits per heavy atom. The molecule has 1 aliphatic rings. The molecule has 0 saturated carbocycles. The van der Waals surface area contributed by atoms with Crippen LogP contribution in [0.5, 0.6) is 0 Å². The maximum Gasteiger partial charge on any atom is 0.406 e. The average Bonchev–Trinajstić information content (AvgIpc) is 2.96. The summed E-state index contributed by atoms with van der Waals surface area (Å²) in [5, 5.41) is 0.794. The minimum atomic E-state index is -4.45. The molecule has 1 fully saturated rings. The van der Waals surface area contributed by atoms with Gasteiger partial charge < -0.3 is 14.6 Å². The molecule has 1 amide bonds. The molecule has 0 unspecified atom stereocenters. The first-order valence-electron chi connectivity index (χ1n) is 7.47. The minimum absolute atomic E-state index is 0.141. The summed E-state index contributed by atoms with van der Waals surface area (Å²) in [5.74, 6) is -0.644. The summed E-state index contributed by atoms with van der Waals surface area (Å²) >= 11 is 0. The standard InChI is InChI=1S/C16H17F3N2O2/c17-16(18,19)10-21(12-5-3-7-23-9-12)15(22)14-8-11-4-1-2-6-13(11)20-14/h1-2,4,6,8,12,20H,3,5,7,9-10H2/t12-/m1/s1. The summed E-state index contributed by atoms with van der Waals surface area (Å²) in [7, 11) is 0. The number of fused-ring (bicyclic) bond motifs is 1. The van der Waals surface area contributed by atoms with Crippen molar-refractivity contribution in [2.45, 2.75) is 25.1 Å². The van der Waals surface area contributed by atoms with Gasteiger partial charge in [0.1, 0.15) is 12.2 Å². The molecular weight excluding hydrogens is 309 g/mol. The number of hydrogen-bond donors (Lipinski definition) is 1. The third kappa shape index (κ3) is 3.67. The first-order chi connectivity index (χ1) is 10.9. The molecule has 23 heavy (non-hydrogen) atoms. The van der Waals surface area contributed by atoms with Gasteiger partial charge in [-0.2, -0.15) is 13.2 Å². The molecular formula is C16H17F3N2O2. The molecule has 124 valence electrons. The van der Waals surface area contributed by atoms with Gasteiger partial charge in [0, 0.05) is 17.5 Å². The number of carbonyl (C=O) groups is 1. The number of aromatic amines is 1. The van der Waals surface area contributed by atoms with E-state index in [1.807, 2.05) is 6.07 Å². The van der Waals surface area contributed by atoms with Crippen molar-refractivity contribution in [2.75, 3.05) is 19.8 Å². The van der Waals surface area contributed by atoms with E-state index in [0.717, 1.165) is 15.8 Å². The third-order valence-corrected chi connectivity index (χ3v) is 3.95. The van der Waals surface area contributed by atoms with Crippen molar-refractivity contribution in [1.29, 1.82) is 0 Å². The number of benzene rings is 1. The van der Waals surface area contributed by atoms with E-state index >= 15 is 0 Å². The van der Waals surface area contributed by atoms with E-state index in [9.17, 15) is 18.0 Å². The number of ether oxygens (including phenoxy) is 1. The van der Waals surface area contributed by atoms with Gasteiger partial charge >= 0.3 is 6.18 Å². The molecule has 0 aliphatic carbocycles. The van der Waals surface area contributed by atoms with Crippen LogP contribution < -0.4 is 0 Å². The highest BCUT2D eigenvalue weighted by Crippen LogP contribution is 2.24. The van der Waals surface area contributed by atoms with Crippen LogP contribution in [0, 0.1) is 0 Å². The molecule has 1 aromatic carbocycles. The molecule has 0 radical (unpaired) electrons. The number of hydrogen-bond acceptors (Lipinski definition) is 2. The summed E-state index contributed by atoms with van der Waals surface area (Å²) in [5.41, 5.74) is 0.892. The van der Waals surface area contributed by atoms with Gasteiger partial charge in [-0.25, -0.2) is 0 Å². The third-order valence-electron chi connectivity index (χ3n) is 3.95. The van der Waals surface area contributed by atoms with Crippen molar-refractivity contribution in [3.8, 4) is 0 Å². The SMILES string of the molecule is O=C(c1cc2ccccc2[nH]1)N(CC(F)(F)F)[C@@H]1CCCOC1. The quantitative estimate of drug-likeness (QED) is 0.940. The zero-order valence-corrected chi connectivity index (χ0v) is 12.4. The van der Waals surface area contributed by atoms with Crippen molar-refractivity contribution in [3.63, 3.8) is 0 Å². The van der Waals surface area contributed by atoms with E-state index in [-0.39, 0.29) is 12.3 Å². The fourth-order valence-electron chi connectivity index (χ4n) is 2.87. The van der Waals surface area contributed by atoms with Crippen LogP contribution in [0.1, 0.15) is 23.3 Å². The van der Waals surface area contributed by atoms with Gasteiger partial charge in [0.05, 0.1) is 12.6 Å². The van der Waals surface area contributed by atoms with E-state index in [0.29, 0.717) is 19.4 Å². The molecule has 1 aromatic heterocycles. The maximum atomic E-state index is 12.9. The topological polar surface area (TPSA) is 45.3 Å². The fourth-order valence-corrected chi connectivity index (χ4v) is 2.87. The number of amides is 1. The van der Waals surface area contributed by atoms with Gasteiger partial charge in [-0.15, -0.1) is 0 Å². The van der Waals surface area contributed by atoms with E-state index in [2.05, 4.69) is 4.98 Å². The second kappa shape index (κ2) is 6.23. The van der Waals surface area contributed by atoms with Gasteiger partial charge in [0.15, 0.2) is 0 Å². The first kappa shape index (κ1) is 15.9. The maximum absolute atomic E-state index is 12.9. The molecule has 1 N–H and O–H groups in total. The predicted octanol–water partition coefficient (Wildman–Crippen LogP) is 3.35. The van der Waals surface area contributed by atoms with Crippen LogP contribution in [0.3, 0.4) is 0 Å². The minimum Gasteiger partial charge on any atom is -0.379 e. The van der Waals surface area contributed by atoms with E-state index in [4.69, 9.17) is 4.74 Å². The molecule has 1 aliphatic heterocycles. The number of H-pyrrole nitrogens is 1. The molecule has 3 rings (SSSR count). The Balaban J connectivity index is 1.89. The van der Waals surface area contributed by atoms with Crippen molar-refractivity contribution >= 4 is 16.8 Å². The number of halogens is 3. The highest BCUT2D eigenvalue weighted by atomic mass is 19.4. The number of carbonyl (C=O) groups excluding carboxylic acids is 1. The molecule has 2 aromatic rings. The van der Waals surface area contributed by atoms with Crippen molar-refractivity contribution < 1.29 is 22.7 Å². The van der Waals surface area contributed by atoms with E-state index in [1.54, 1.807) is 24.3 Å². The Morgan fingerprint density at radius 1 is 1.35 bits per heavy atom. The Kier molecular flexibility index (Phi) is 4.30. The van der Waals surface area contributed by atoms with Crippen molar-refractivity contribution in [2.24, 2.45) is 0 Å². The van der Waals surface area contributed by atoms with Gasteiger partial charge in [0.25, 0.3) is 5.91 Å². The van der Waals surface area contributed by atoms with Crippen LogP contribution >= 0.6 is 0 Å². The molecule has 4 nitrogen and oxygen atoms in total. The molecule has 1 saturated heterocycles. The number of aromatic nitrogens is 1. The normalized spacial score (nSPS) is 19.0. The Bertz CT molecular complexity index is 657. The average molecular weight is 326 g/mol. The van der Waals surface area contributed by atoms with Crippen LogP contribution in [0.2, 0.25) is 0 Å². The first-order valence-corrected chi connectivity index (χ1v) is 7.47. The number of nitrogens with one attached hydrogen (secondary N) is 1. The zero-order valence-electron chi connectivity index (χ0n) is 12.4. The summed E-state index contributed by atoms with van der Waals surface area (Å²) in [6.45, 7) is -0.603. The highest BCUT2D eigenvalue weighted by Gasteiger charge is 2.38. The number of rotatable bonds is 3. The number of para-hydroxylation sites is 1.